The van der Waals surface area contributed by atoms with Crippen LogP contribution < -0.4 is 25.5 Å². The van der Waals surface area contributed by atoms with Crippen molar-refractivity contribution in [3.63, 3.8) is 0 Å². The molecular formula is C29H31FN4O5. The minimum Gasteiger partial charge on any atom is -0.490 e. The second-order valence-corrected chi connectivity index (χ2v) is 8.75. The normalized spacial score (nSPS) is 11.6. The Labute approximate surface area is 226 Å². The van der Waals surface area contributed by atoms with Gasteiger partial charge in [0.2, 0.25) is 0 Å². The maximum Gasteiger partial charge on any atom is 0.262 e. The van der Waals surface area contributed by atoms with Gasteiger partial charge in [-0.15, -0.1) is 0 Å². The highest BCUT2D eigenvalue weighted by atomic mass is 19.1. The molecule has 3 N–H and O–H groups in total. The molecule has 3 rings (SSSR count). The van der Waals surface area contributed by atoms with Crippen LogP contribution in [0.5, 0.6) is 11.5 Å². The molecule has 204 valence electrons. The standard InChI is InChI=1S/C29H31FN4O5/c1-4-38-25-16-20(14-15-24(25)39-18-26(35)32-23-13-9-8-12-22(23)30)17-31-34-29(37)27(19(2)3)33-28(36)21-10-6-5-7-11-21/h5-17,19,27H,4,18H2,1-3H3,(H,32,35)(H,33,36)(H,34,37). The third-order valence-corrected chi connectivity index (χ3v) is 5.43. The topological polar surface area (TPSA) is 118 Å². The monoisotopic (exact) mass is 534 g/mol. The summed E-state index contributed by atoms with van der Waals surface area (Å²) < 4.78 is 24.9. The maximum atomic E-state index is 13.8. The van der Waals surface area contributed by atoms with Crippen LogP contribution in [0.1, 0.15) is 36.7 Å². The lowest BCUT2D eigenvalue weighted by Gasteiger charge is -2.20. The Hall–Kier alpha value is -4.73. The van der Waals surface area contributed by atoms with Crippen molar-refractivity contribution in [2.75, 3.05) is 18.5 Å². The number of para-hydroxylation sites is 1. The smallest absolute Gasteiger partial charge is 0.262 e. The number of hydrazone groups is 1. The molecule has 1 unspecified atom stereocenters. The number of ether oxygens (including phenoxy) is 2. The Kier molecular flexibility index (Phi) is 10.6. The van der Waals surface area contributed by atoms with E-state index in [-0.39, 0.29) is 24.1 Å². The van der Waals surface area contributed by atoms with Gasteiger partial charge in [0.25, 0.3) is 17.7 Å². The minimum absolute atomic E-state index is 0.0593. The van der Waals surface area contributed by atoms with E-state index in [2.05, 4.69) is 21.2 Å². The second-order valence-electron chi connectivity index (χ2n) is 8.75. The van der Waals surface area contributed by atoms with Gasteiger partial charge in [-0.25, -0.2) is 9.82 Å². The molecule has 0 aliphatic carbocycles. The van der Waals surface area contributed by atoms with Crippen LogP contribution in [0.3, 0.4) is 0 Å². The number of benzene rings is 3. The van der Waals surface area contributed by atoms with Crippen molar-refractivity contribution in [3.05, 3.63) is 89.7 Å². The Morgan fingerprint density at radius 2 is 1.67 bits per heavy atom. The molecule has 0 saturated carbocycles. The van der Waals surface area contributed by atoms with Crippen LogP contribution in [0.2, 0.25) is 0 Å². The van der Waals surface area contributed by atoms with E-state index in [4.69, 9.17) is 9.47 Å². The quantitative estimate of drug-likeness (QED) is 0.238. The van der Waals surface area contributed by atoms with Crippen molar-refractivity contribution < 1.29 is 28.2 Å². The summed E-state index contributed by atoms with van der Waals surface area (Å²) in [5, 5.41) is 9.21. The number of amides is 3. The first-order valence-electron chi connectivity index (χ1n) is 12.4. The van der Waals surface area contributed by atoms with E-state index >= 15 is 0 Å². The van der Waals surface area contributed by atoms with Crippen LogP contribution in [-0.4, -0.2) is 43.2 Å². The van der Waals surface area contributed by atoms with Gasteiger partial charge in [-0.05, 0) is 60.9 Å². The fourth-order valence-electron chi connectivity index (χ4n) is 3.47. The zero-order valence-corrected chi connectivity index (χ0v) is 21.9. The van der Waals surface area contributed by atoms with E-state index in [9.17, 15) is 18.8 Å². The predicted molar refractivity (Wildman–Crippen MR) is 146 cm³/mol. The van der Waals surface area contributed by atoms with Gasteiger partial charge in [0.05, 0.1) is 18.5 Å². The van der Waals surface area contributed by atoms with Gasteiger partial charge in [-0.2, -0.15) is 5.10 Å². The lowest BCUT2D eigenvalue weighted by Crippen LogP contribution is -2.48. The lowest BCUT2D eigenvalue weighted by molar-refractivity contribution is -0.124. The van der Waals surface area contributed by atoms with Gasteiger partial charge < -0.3 is 20.1 Å². The van der Waals surface area contributed by atoms with Gasteiger partial charge in [0.1, 0.15) is 11.9 Å². The molecule has 9 nitrogen and oxygen atoms in total. The van der Waals surface area contributed by atoms with E-state index in [1.165, 1.54) is 24.4 Å². The van der Waals surface area contributed by atoms with Gasteiger partial charge in [0.15, 0.2) is 18.1 Å². The molecule has 0 aliphatic rings. The predicted octanol–water partition coefficient (Wildman–Crippen LogP) is 4.15. The van der Waals surface area contributed by atoms with Crippen molar-refractivity contribution in [2.24, 2.45) is 11.0 Å². The van der Waals surface area contributed by atoms with Crippen molar-refractivity contribution in [1.82, 2.24) is 10.7 Å². The lowest BCUT2D eigenvalue weighted by atomic mass is 10.0. The van der Waals surface area contributed by atoms with E-state index in [0.29, 0.717) is 29.2 Å². The van der Waals surface area contributed by atoms with Gasteiger partial charge in [-0.1, -0.05) is 44.2 Å². The second kappa shape index (κ2) is 14.3. The summed E-state index contributed by atoms with van der Waals surface area (Å²) in [6.45, 7) is 5.42. The third-order valence-electron chi connectivity index (χ3n) is 5.43. The maximum absolute atomic E-state index is 13.8. The fourth-order valence-corrected chi connectivity index (χ4v) is 3.47. The molecule has 0 aromatic heterocycles. The van der Waals surface area contributed by atoms with E-state index in [0.717, 1.165) is 0 Å². The highest BCUT2D eigenvalue weighted by Gasteiger charge is 2.24. The molecule has 10 heteroatoms. The summed E-state index contributed by atoms with van der Waals surface area (Å²) in [6, 6.07) is 18.6. The number of hydrogen-bond donors (Lipinski definition) is 3. The van der Waals surface area contributed by atoms with Crippen molar-refractivity contribution >= 4 is 29.6 Å². The van der Waals surface area contributed by atoms with Crippen molar-refractivity contribution in [3.8, 4) is 11.5 Å². The van der Waals surface area contributed by atoms with Crippen molar-refractivity contribution in [2.45, 2.75) is 26.8 Å². The Balaban J connectivity index is 1.60. The SMILES string of the molecule is CCOc1cc(C=NNC(=O)C(NC(=O)c2ccccc2)C(C)C)ccc1OCC(=O)Nc1ccccc1F. The van der Waals surface area contributed by atoms with Crippen LogP contribution in [0.15, 0.2) is 77.9 Å². The molecule has 0 fully saturated rings. The first kappa shape index (κ1) is 28.8. The summed E-state index contributed by atoms with van der Waals surface area (Å²) in [5.74, 6) is -1.40. The summed E-state index contributed by atoms with van der Waals surface area (Å²) >= 11 is 0. The highest BCUT2D eigenvalue weighted by molar-refractivity contribution is 5.97. The molecule has 39 heavy (non-hydrogen) atoms. The first-order chi connectivity index (χ1) is 18.8. The Morgan fingerprint density at radius 1 is 0.949 bits per heavy atom. The number of nitrogens with one attached hydrogen (secondary N) is 3. The summed E-state index contributed by atoms with van der Waals surface area (Å²) in [5.41, 5.74) is 3.57. The Bertz CT molecular complexity index is 1310. The van der Waals surface area contributed by atoms with Crippen LogP contribution in [0.25, 0.3) is 0 Å². The van der Waals surface area contributed by atoms with E-state index in [1.54, 1.807) is 61.5 Å². The largest absolute Gasteiger partial charge is 0.490 e. The van der Waals surface area contributed by atoms with Gasteiger partial charge in [-0.3, -0.25) is 14.4 Å². The minimum atomic E-state index is -0.792. The molecule has 0 bridgehead atoms. The molecular weight excluding hydrogens is 503 g/mol. The van der Waals surface area contributed by atoms with Crippen LogP contribution in [0.4, 0.5) is 10.1 Å². The average Bonchev–Trinajstić information content (AvgIpc) is 2.92. The summed E-state index contributed by atoms with van der Waals surface area (Å²) in [4.78, 5) is 37.4. The molecule has 3 aromatic rings. The number of halogens is 1. The van der Waals surface area contributed by atoms with Crippen LogP contribution in [0, 0.1) is 11.7 Å². The van der Waals surface area contributed by atoms with E-state index in [1.807, 2.05) is 13.8 Å². The molecule has 0 aliphatic heterocycles. The molecule has 1 atom stereocenters. The molecule has 3 aromatic carbocycles. The molecule has 0 radical (unpaired) electrons. The van der Waals surface area contributed by atoms with Crippen LogP contribution >= 0.6 is 0 Å². The fraction of sp³-hybridized carbons (Fsp3) is 0.241. The first-order valence-corrected chi connectivity index (χ1v) is 12.4. The highest BCUT2D eigenvalue weighted by Crippen LogP contribution is 2.28. The Morgan fingerprint density at radius 3 is 2.36 bits per heavy atom. The summed E-state index contributed by atoms with van der Waals surface area (Å²) in [6.07, 6.45) is 1.42. The van der Waals surface area contributed by atoms with Gasteiger partial charge >= 0.3 is 0 Å². The molecule has 0 saturated heterocycles. The molecule has 3 amide bonds. The number of nitrogens with zero attached hydrogens (tertiary/aromatic N) is 1. The summed E-state index contributed by atoms with van der Waals surface area (Å²) in [7, 11) is 0. The number of hydrogen-bond acceptors (Lipinski definition) is 6. The number of carbonyl (C=O) groups is 3. The molecule has 0 heterocycles. The molecule has 0 spiro atoms. The zero-order valence-electron chi connectivity index (χ0n) is 21.9. The number of carbonyl (C=O) groups excluding carboxylic acids is 3. The number of rotatable bonds is 12. The van der Waals surface area contributed by atoms with Gasteiger partial charge in [0, 0.05) is 5.56 Å². The van der Waals surface area contributed by atoms with E-state index < -0.39 is 23.7 Å². The van der Waals surface area contributed by atoms with Crippen molar-refractivity contribution in [1.29, 1.82) is 0 Å². The van der Waals surface area contributed by atoms with Crippen LogP contribution in [-0.2, 0) is 9.59 Å². The number of anilines is 1. The zero-order chi connectivity index (χ0) is 28.2. The average molecular weight is 535 g/mol. The third kappa shape index (κ3) is 8.67.